The molecule has 0 spiro atoms. The molecule has 2 fully saturated rings. The minimum absolute atomic E-state index is 0.0126. The number of benzene rings is 3. The summed E-state index contributed by atoms with van der Waals surface area (Å²) in [7, 11) is 2.14. The molecule has 6 rings (SSSR count). The topological polar surface area (TPSA) is 77.0 Å². The van der Waals surface area contributed by atoms with Gasteiger partial charge in [-0.1, -0.05) is 36.4 Å². The van der Waals surface area contributed by atoms with E-state index in [4.69, 9.17) is 0 Å². The van der Waals surface area contributed by atoms with Gasteiger partial charge in [-0.15, -0.1) is 0 Å². The van der Waals surface area contributed by atoms with Gasteiger partial charge in [-0.3, -0.25) is 14.6 Å². The molecule has 0 aromatic heterocycles. The van der Waals surface area contributed by atoms with Crippen LogP contribution < -0.4 is 15.5 Å². The molecule has 0 bridgehead atoms. The van der Waals surface area contributed by atoms with E-state index in [1.165, 1.54) is 0 Å². The Morgan fingerprint density at radius 3 is 2.29 bits per heavy atom. The van der Waals surface area contributed by atoms with Crippen LogP contribution in [0.15, 0.2) is 77.8 Å². The highest BCUT2D eigenvalue weighted by atomic mass is 16.2. The number of hydrogen-bond donors (Lipinski definition) is 2. The molecule has 3 aliphatic rings. The van der Waals surface area contributed by atoms with Crippen LogP contribution in [0.5, 0.6) is 0 Å². The van der Waals surface area contributed by atoms with E-state index in [0.717, 1.165) is 61.4 Å². The Balaban J connectivity index is 1.13. The molecular weight excluding hydrogens is 474 g/mol. The lowest BCUT2D eigenvalue weighted by Gasteiger charge is -2.34. The normalized spacial score (nSPS) is 17.9. The summed E-state index contributed by atoms with van der Waals surface area (Å²) in [6.45, 7) is 4.53. The molecule has 2 amide bonds. The average Bonchev–Trinajstić information content (AvgIpc) is 3.73. The van der Waals surface area contributed by atoms with Crippen molar-refractivity contribution in [3.05, 3.63) is 101 Å². The van der Waals surface area contributed by atoms with Crippen molar-refractivity contribution in [2.24, 2.45) is 10.9 Å². The minimum atomic E-state index is -0.200. The third kappa shape index (κ3) is 5.20. The number of likely N-dealkylation sites (N-methyl/N-ethyl adjacent to an activating group) is 1. The van der Waals surface area contributed by atoms with Crippen LogP contribution >= 0.6 is 0 Å². The van der Waals surface area contributed by atoms with Crippen LogP contribution in [0.4, 0.5) is 5.69 Å². The molecule has 1 aliphatic carbocycles. The summed E-state index contributed by atoms with van der Waals surface area (Å²) in [5, 5.41) is 6.22. The number of anilines is 1. The molecule has 7 nitrogen and oxygen atoms in total. The largest absolute Gasteiger partial charge is 0.369 e. The Labute approximate surface area is 223 Å². The van der Waals surface area contributed by atoms with Crippen molar-refractivity contribution in [1.29, 1.82) is 0 Å². The molecule has 2 heterocycles. The summed E-state index contributed by atoms with van der Waals surface area (Å²) >= 11 is 0. The quantitative estimate of drug-likeness (QED) is 0.529. The van der Waals surface area contributed by atoms with E-state index in [1.54, 1.807) is 0 Å². The molecule has 2 N–H and O–H groups in total. The summed E-state index contributed by atoms with van der Waals surface area (Å²) in [5.41, 5.74) is 5.24. The van der Waals surface area contributed by atoms with Crippen molar-refractivity contribution in [3.63, 3.8) is 0 Å². The monoisotopic (exact) mass is 507 g/mol. The van der Waals surface area contributed by atoms with Crippen LogP contribution in [0.2, 0.25) is 0 Å². The fourth-order valence-electron chi connectivity index (χ4n) is 5.29. The lowest BCUT2D eigenvalue weighted by atomic mass is 10.0. The maximum atomic E-state index is 13.2. The molecule has 2 aliphatic heterocycles. The SMILES string of the molecule is CN1CCN(c2ccc(C(=O)NC3=NCc4ccc(C(=O)NC(c5ccccc5)C5CC5)cc43)cc2)CC1. The van der Waals surface area contributed by atoms with Crippen LogP contribution in [0.25, 0.3) is 0 Å². The van der Waals surface area contributed by atoms with Gasteiger partial charge in [0, 0.05) is 48.6 Å². The summed E-state index contributed by atoms with van der Waals surface area (Å²) in [6.07, 6.45) is 2.26. The predicted molar refractivity (Wildman–Crippen MR) is 150 cm³/mol. The molecule has 3 aromatic carbocycles. The summed E-state index contributed by atoms with van der Waals surface area (Å²) in [5.74, 6) is 0.694. The fraction of sp³-hybridized carbons (Fsp3) is 0.323. The Bertz CT molecular complexity index is 1360. The second-order valence-electron chi connectivity index (χ2n) is 10.5. The first-order valence-electron chi connectivity index (χ1n) is 13.4. The number of carbonyl (C=O) groups excluding carboxylic acids is 2. The standard InChI is InChI=1S/C31H33N5O2/c1-35-15-17-36(18-16-35)26-13-11-23(12-14-26)30(37)34-29-27-19-24(9-10-25(27)20-32-29)31(38)33-28(22-7-8-22)21-5-3-2-4-6-21/h2-6,9-14,19,22,28H,7-8,15-18,20H2,1H3,(H,33,38)(H,32,34,37). The summed E-state index contributed by atoms with van der Waals surface area (Å²) in [6, 6.07) is 23.6. The zero-order valence-electron chi connectivity index (χ0n) is 21.7. The number of carbonyl (C=O) groups is 2. The van der Waals surface area contributed by atoms with Crippen LogP contribution in [-0.2, 0) is 6.54 Å². The number of hydrogen-bond acceptors (Lipinski definition) is 5. The van der Waals surface area contributed by atoms with Gasteiger partial charge in [0.15, 0.2) is 0 Å². The van der Waals surface area contributed by atoms with Gasteiger partial charge in [0.25, 0.3) is 11.8 Å². The Kier molecular flexibility index (Phi) is 6.68. The molecule has 1 unspecified atom stereocenters. The lowest BCUT2D eigenvalue weighted by Crippen LogP contribution is -2.44. The smallest absolute Gasteiger partial charge is 0.256 e. The maximum Gasteiger partial charge on any atom is 0.256 e. The van der Waals surface area contributed by atoms with E-state index in [1.807, 2.05) is 60.7 Å². The third-order valence-electron chi connectivity index (χ3n) is 7.80. The molecule has 3 aromatic rings. The zero-order valence-corrected chi connectivity index (χ0v) is 21.7. The number of rotatable bonds is 6. The van der Waals surface area contributed by atoms with Crippen molar-refractivity contribution in [2.75, 3.05) is 38.1 Å². The number of fused-ring (bicyclic) bond motifs is 1. The molecular formula is C31H33N5O2. The minimum Gasteiger partial charge on any atom is -0.369 e. The highest BCUT2D eigenvalue weighted by molar-refractivity contribution is 6.15. The van der Waals surface area contributed by atoms with Crippen LogP contribution in [0.3, 0.4) is 0 Å². The molecule has 194 valence electrons. The number of amides is 2. The molecule has 7 heteroatoms. The van der Waals surface area contributed by atoms with Gasteiger partial charge < -0.3 is 20.4 Å². The van der Waals surface area contributed by atoms with Crippen LogP contribution in [0.1, 0.15) is 56.3 Å². The number of piperazine rings is 1. The van der Waals surface area contributed by atoms with E-state index in [9.17, 15) is 9.59 Å². The van der Waals surface area contributed by atoms with E-state index in [-0.39, 0.29) is 17.9 Å². The number of aliphatic imine (C=N–C) groups is 1. The van der Waals surface area contributed by atoms with Crippen LogP contribution in [0, 0.1) is 5.92 Å². The highest BCUT2D eigenvalue weighted by Gasteiger charge is 2.33. The lowest BCUT2D eigenvalue weighted by molar-refractivity contribution is 0.0930. The Morgan fingerprint density at radius 1 is 0.868 bits per heavy atom. The Morgan fingerprint density at radius 2 is 1.58 bits per heavy atom. The molecule has 1 saturated heterocycles. The molecule has 38 heavy (non-hydrogen) atoms. The molecule has 1 saturated carbocycles. The third-order valence-corrected chi connectivity index (χ3v) is 7.80. The van der Waals surface area contributed by atoms with E-state index in [2.05, 4.69) is 44.6 Å². The van der Waals surface area contributed by atoms with E-state index < -0.39 is 0 Å². The summed E-state index contributed by atoms with van der Waals surface area (Å²) < 4.78 is 0. The number of amidine groups is 1. The first-order chi connectivity index (χ1) is 18.5. The van der Waals surface area contributed by atoms with Gasteiger partial charge in [0.1, 0.15) is 5.84 Å². The van der Waals surface area contributed by atoms with E-state index >= 15 is 0 Å². The van der Waals surface area contributed by atoms with Gasteiger partial charge >= 0.3 is 0 Å². The van der Waals surface area contributed by atoms with Crippen molar-refractivity contribution in [3.8, 4) is 0 Å². The maximum absolute atomic E-state index is 13.2. The first-order valence-corrected chi connectivity index (χ1v) is 13.4. The second kappa shape index (κ2) is 10.4. The second-order valence-corrected chi connectivity index (χ2v) is 10.5. The average molecular weight is 508 g/mol. The van der Waals surface area contributed by atoms with Gasteiger partial charge in [-0.2, -0.15) is 0 Å². The summed E-state index contributed by atoms with van der Waals surface area (Å²) in [4.78, 5) is 35.5. The first kappa shape index (κ1) is 24.4. The number of nitrogens with one attached hydrogen (secondary N) is 2. The van der Waals surface area contributed by atoms with Crippen LogP contribution in [-0.4, -0.2) is 55.8 Å². The zero-order chi connectivity index (χ0) is 26.1. The molecule has 0 radical (unpaired) electrons. The van der Waals surface area contributed by atoms with Crippen molar-refractivity contribution in [2.45, 2.75) is 25.4 Å². The van der Waals surface area contributed by atoms with Crippen molar-refractivity contribution in [1.82, 2.24) is 15.5 Å². The Hall–Kier alpha value is -3.97. The van der Waals surface area contributed by atoms with Gasteiger partial charge in [0.05, 0.1) is 12.6 Å². The van der Waals surface area contributed by atoms with Crippen molar-refractivity contribution < 1.29 is 9.59 Å². The van der Waals surface area contributed by atoms with Gasteiger partial charge in [0.2, 0.25) is 0 Å². The van der Waals surface area contributed by atoms with Gasteiger partial charge in [-0.05, 0) is 73.3 Å². The van der Waals surface area contributed by atoms with Gasteiger partial charge in [-0.25, -0.2) is 0 Å². The van der Waals surface area contributed by atoms with E-state index in [0.29, 0.717) is 29.4 Å². The number of nitrogens with zero attached hydrogens (tertiary/aromatic N) is 3. The fourth-order valence-corrected chi connectivity index (χ4v) is 5.29. The highest BCUT2D eigenvalue weighted by Crippen LogP contribution is 2.41. The predicted octanol–water partition coefficient (Wildman–Crippen LogP) is 4.01. The molecule has 1 atom stereocenters. The van der Waals surface area contributed by atoms with Crippen molar-refractivity contribution >= 4 is 23.3 Å².